The maximum absolute atomic E-state index is 12.8. The minimum absolute atomic E-state index is 0.0287. The van der Waals surface area contributed by atoms with Crippen molar-refractivity contribution in [2.24, 2.45) is 0 Å². The number of aromatic nitrogens is 1. The van der Waals surface area contributed by atoms with E-state index in [1.807, 2.05) is 35.2 Å². The SMILES string of the molecule is C=CCNC(=O)CN1CCN(C(=O)c2ccnc(OCc3ccccc3)c2)CC1. The molecule has 2 aromatic rings. The number of benzene rings is 1. The Bertz CT molecular complexity index is 833. The zero-order valence-corrected chi connectivity index (χ0v) is 16.4. The van der Waals surface area contributed by atoms with E-state index in [9.17, 15) is 9.59 Å². The molecule has 1 aliphatic heterocycles. The van der Waals surface area contributed by atoms with Crippen molar-refractivity contribution >= 4 is 11.8 Å². The summed E-state index contributed by atoms with van der Waals surface area (Å²) in [7, 11) is 0. The van der Waals surface area contributed by atoms with Crippen LogP contribution in [0.15, 0.2) is 61.3 Å². The number of hydrogen-bond acceptors (Lipinski definition) is 5. The van der Waals surface area contributed by atoms with Gasteiger partial charge in [0.1, 0.15) is 6.61 Å². The van der Waals surface area contributed by atoms with Gasteiger partial charge < -0.3 is 15.0 Å². The van der Waals surface area contributed by atoms with Gasteiger partial charge in [0.05, 0.1) is 6.54 Å². The summed E-state index contributed by atoms with van der Waals surface area (Å²) in [5.74, 6) is 0.351. The van der Waals surface area contributed by atoms with Gasteiger partial charge in [0.2, 0.25) is 11.8 Å². The summed E-state index contributed by atoms with van der Waals surface area (Å²) in [6.07, 6.45) is 3.24. The molecular weight excluding hydrogens is 368 g/mol. The molecule has 0 saturated carbocycles. The minimum Gasteiger partial charge on any atom is -0.473 e. The Balaban J connectivity index is 1.50. The first-order chi connectivity index (χ1) is 14.2. The van der Waals surface area contributed by atoms with E-state index in [0.717, 1.165) is 5.56 Å². The van der Waals surface area contributed by atoms with Crippen LogP contribution in [0.25, 0.3) is 0 Å². The van der Waals surface area contributed by atoms with Crippen molar-refractivity contribution in [3.05, 3.63) is 72.4 Å². The van der Waals surface area contributed by atoms with Crippen LogP contribution >= 0.6 is 0 Å². The molecule has 1 aromatic heterocycles. The minimum atomic E-state index is -0.0484. The first-order valence-corrected chi connectivity index (χ1v) is 9.67. The number of carbonyl (C=O) groups is 2. The second kappa shape index (κ2) is 10.4. The van der Waals surface area contributed by atoms with Gasteiger partial charge in [-0.25, -0.2) is 4.98 Å². The Morgan fingerprint density at radius 1 is 1.14 bits per heavy atom. The Labute approximate surface area is 171 Å². The molecule has 7 heteroatoms. The fourth-order valence-electron chi connectivity index (χ4n) is 3.09. The standard InChI is InChI=1S/C22H26N4O3/c1-2-9-23-20(27)16-25-11-13-26(14-12-25)22(28)19-8-10-24-21(15-19)29-17-18-6-4-3-5-7-18/h2-8,10,15H,1,9,11-14,16-17H2,(H,23,27). The van der Waals surface area contributed by atoms with Gasteiger partial charge in [-0.15, -0.1) is 6.58 Å². The Hall–Kier alpha value is -3.19. The molecule has 1 aromatic carbocycles. The number of rotatable bonds is 8. The summed E-state index contributed by atoms with van der Waals surface area (Å²) < 4.78 is 5.72. The molecule has 152 valence electrons. The Morgan fingerprint density at radius 3 is 2.62 bits per heavy atom. The van der Waals surface area contributed by atoms with Crippen molar-refractivity contribution in [2.75, 3.05) is 39.3 Å². The van der Waals surface area contributed by atoms with Crippen molar-refractivity contribution in [3.63, 3.8) is 0 Å². The summed E-state index contributed by atoms with van der Waals surface area (Å²) in [5, 5.41) is 2.77. The number of nitrogens with one attached hydrogen (secondary N) is 1. The molecule has 1 N–H and O–H groups in total. The largest absolute Gasteiger partial charge is 0.473 e. The topological polar surface area (TPSA) is 74.8 Å². The van der Waals surface area contributed by atoms with E-state index in [-0.39, 0.29) is 11.8 Å². The maximum Gasteiger partial charge on any atom is 0.254 e. The molecule has 29 heavy (non-hydrogen) atoms. The molecule has 0 unspecified atom stereocenters. The molecule has 0 aliphatic carbocycles. The summed E-state index contributed by atoms with van der Waals surface area (Å²) in [4.78, 5) is 32.7. The number of hydrogen-bond donors (Lipinski definition) is 1. The van der Waals surface area contributed by atoms with Gasteiger partial charge in [-0.2, -0.15) is 0 Å². The average Bonchev–Trinajstić information content (AvgIpc) is 2.77. The van der Waals surface area contributed by atoms with Gasteiger partial charge in [0.25, 0.3) is 5.91 Å². The second-order valence-electron chi connectivity index (χ2n) is 6.82. The van der Waals surface area contributed by atoms with Crippen LogP contribution in [-0.4, -0.2) is 65.9 Å². The van der Waals surface area contributed by atoms with Crippen molar-refractivity contribution in [1.82, 2.24) is 20.1 Å². The van der Waals surface area contributed by atoms with Crippen LogP contribution in [-0.2, 0) is 11.4 Å². The number of nitrogens with zero attached hydrogens (tertiary/aromatic N) is 3. The van der Waals surface area contributed by atoms with Crippen LogP contribution in [0, 0.1) is 0 Å². The molecule has 0 bridgehead atoms. The first kappa shape index (κ1) is 20.5. The van der Waals surface area contributed by atoms with E-state index in [1.54, 1.807) is 29.3 Å². The highest BCUT2D eigenvalue weighted by Crippen LogP contribution is 2.15. The van der Waals surface area contributed by atoms with E-state index in [0.29, 0.717) is 57.3 Å². The third kappa shape index (κ3) is 6.15. The maximum atomic E-state index is 12.8. The third-order valence-corrected chi connectivity index (χ3v) is 4.68. The van der Waals surface area contributed by atoms with Crippen LogP contribution in [0.5, 0.6) is 5.88 Å². The van der Waals surface area contributed by atoms with Crippen molar-refractivity contribution in [2.45, 2.75) is 6.61 Å². The average molecular weight is 394 g/mol. The van der Waals surface area contributed by atoms with Gasteiger partial charge in [-0.1, -0.05) is 36.4 Å². The van der Waals surface area contributed by atoms with E-state index in [1.165, 1.54) is 0 Å². The molecule has 7 nitrogen and oxygen atoms in total. The number of carbonyl (C=O) groups excluding carboxylic acids is 2. The monoisotopic (exact) mass is 394 g/mol. The summed E-state index contributed by atoms with van der Waals surface area (Å²) >= 11 is 0. The van der Waals surface area contributed by atoms with E-state index in [2.05, 4.69) is 16.9 Å². The zero-order valence-electron chi connectivity index (χ0n) is 16.4. The third-order valence-electron chi connectivity index (χ3n) is 4.68. The number of ether oxygens (including phenoxy) is 1. The van der Waals surface area contributed by atoms with E-state index >= 15 is 0 Å². The molecule has 1 saturated heterocycles. The fourth-order valence-corrected chi connectivity index (χ4v) is 3.09. The van der Waals surface area contributed by atoms with E-state index < -0.39 is 0 Å². The zero-order chi connectivity index (χ0) is 20.5. The molecule has 2 heterocycles. The lowest BCUT2D eigenvalue weighted by Crippen LogP contribution is -2.51. The van der Waals surface area contributed by atoms with Crippen LogP contribution in [0.4, 0.5) is 0 Å². The summed E-state index contributed by atoms with van der Waals surface area (Å²) in [6.45, 7) is 7.27. The molecule has 1 aliphatic rings. The van der Waals surface area contributed by atoms with Crippen molar-refractivity contribution in [1.29, 1.82) is 0 Å². The number of piperazine rings is 1. The lowest BCUT2D eigenvalue weighted by Gasteiger charge is -2.34. The highest BCUT2D eigenvalue weighted by Gasteiger charge is 2.23. The van der Waals surface area contributed by atoms with E-state index in [4.69, 9.17) is 4.74 Å². The lowest BCUT2D eigenvalue weighted by molar-refractivity contribution is -0.122. The molecule has 0 atom stereocenters. The van der Waals surface area contributed by atoms with Gasteiger partial charge in [0, 0.05) is 50.6 Å². The fraction of sp³-hybridized carbons (Fsp3) is 0.318. The van der Waals surface area contributed by atoms with Crippen LogP contribution in [0.2, 0.25) is 0 Å². The Morgan fingerprint density at radius 2 is 1.90 bits per heavy atom. The summed E-state index contributed by atoms with van der Waals surface area (Å²) in [6, 6.07) is 13.2. The molecule has 3 rings (SSSR count). The molecule has 0 spiro atoms. The van der Waals surface area contributed by atoms with Gasteiger partial charge >= 0.3 is 0 Å². The second-order valence-corrected chi connectivity index (χ2v) is 6.82. The summed E-state index contributed by atoms with van der Waals surface area (Å²) in [5.41, 5.74) is 1.60. The number of amides is 2. The quantitative estimate of drug-likeness (QED) is 0.690. The highest BCUT2D eigenvalue weighted by molar-refractivity contribution is 5.94. The molecule has 2 amide bonds. The van der Waals surface area contributed by atoms with Gasteiger partial charge in [0.15, 0.2) is 0 Å². The van der Waals surface area contributed by atoms with Crippen LogP contribution < -0.4 is 10.1 Å². The van der Waals surface area contributed by atoms with Gasteiger partial charge in [-0.05, 0) is 11.6 Å². The highest BCUT2D eigenvalue weighted by atomic mass is 16.5. The first-order valence-electron chi connectivity index (χ1n) is 9.67. The van der Waals surface area contributed by atoms with Crippen LogP contribution in [0.3, 0.4) is 0 Å². The Kier molecular flexibility index (Phi) is 7.35. The normalized spacial score (nSPS) is 14.3. The molecular formula is C22H26N4O3. The van der Waals surface area contributed by atoms with Crippen molar-refractivity contribution < 1.29 is 14.3 Å². The van der Waals surface area contributed by atoms with Crippen molar-refractivity contribution in [3.8, 4) is 5.88 Å². The smallest absolute Gasteiger partial charge is 0.254 e. The lowest BCUT2D eigenvalue weighted by atomic mass is 10.2. The molecule has 0 radical (unpaired) electrons. The predicted octanol–water partition coefficient (Wildman–Crippen LogP) is 1.72. The van der Waals surface area contributed by atoms with Crippen LogP contribution in [0.1, 0.15) is 15.9 Å². The molecule has 1 fully saturated rings. The predicted molar refractivity (Wildman–Crippen MR) is 111 cm³/mol. The van der Waals surface area contributed by atoms with Gasteiger partial charge in [-0.3, -0.25) is 14.5 Å². The number of pyridine rings is 1.